The van der Waals surface area contributed by atoms with Crippen molar-refractivity contribution in [3.8, 4) is 10.7 Å². The maximum absolute atomic E-state index is 12.0. The van der Waals surface area contributed by atoms with Crippen LogP contribution in [0.3, 0.4) is 0 Å². The second kappa shape index (κ2) is 5.38. The number of nitrogens with one attached hydrogen (secondary N) is 2. The van der Waals surface area contributed by atoms with Gasteiger partial charge in [0.05, 0.1) is 11.9 Å². The molecule has 0 radical (unpaired) electrons. The van der Waals surface area contributed by atoms with Crippen LogP contribution < -0.4 is 10.6 Å². The molecule has 2 N–H and O–H groups in total. The number of pyridine rings is 1. The molecule has 1 aliphatic heterocycles. The van der Waals surface area contributed by atoms with Crippen molar-refractivity contribution < 1.29 is 9.59 Å². The fourth-order valence-electron chi connectivity index (χ4n) is 1.95. The summed E-state index contributed by atoms with van der Waals surface area (Å²) in [7, 11) is 0. The molecule has 0 unspecified atom stereocenters. The summed E-state index contributed by atoms with van der Waals surface area (Å²) < 4.78 is 0. The van der Waals surface area contributed by atoms with Gasteiger partial charge in [0.25, 0.3) is 5.91 Å². The molecule has 3 rings (SSSR count). The monoisotopic (exact) mass is 288 g/mol. The number of amides is 2. The van der Waals surface area contributed by atoms with Crippen LogP contribution in [0.2, 0.25) is 0 Å². The number of hydrogen-bond donors (Lipinski definition) is 2. The van der Waals surface area contributed by atoms with Crippen molar-refractivity contribution >= 4 is 23.2 Å². The molecule has 20 heavy (non-hydrogen) atoms. The standard InChI is InChI=1S/C13H12N4O2S/c18-11-8(4-6-15-11)17-12(19)10-7-16-13(20-10)9-3-1-2-5-14-9/h1-3,5,7-8H,4,6H2,(H,15,18)(H,17,19)/t8-/m0/s1. The highest BCUT2D eigenvalue weighted by Gasteiger charge is 2.26. The summed E-state index contributed by atoms with van der Waals surface area (Å²) in [6, 6.07) is 5.09. The number of aromatic nitrogens is 2. The third-order valence-corrected chi connectivity index (χ3v) is 3.99. The average molecular weight is 288 g/mol. The first-order chi connectivity index (χ1) is 9.74. The molecule has 2 amide bonds. The number of thiazole rings is 1. The van der Waals surface area contributed by atoms with Gasteiger partial charge < -0.3 is 10.6 Å². The van der Waals surface area contributed by atoms with E-state index >= 15 is 0 Å². The molecule has 2 aromatic rings. The normalized spacial score (nSPS) is 17.8. The molecule has 3 heterocycles. The lowest BCUT2D eigenvalue weighted by atomic mass is 10.2. The molecule has 2 aromatic heterocycles. The summed E-state index contributed by atoms with van der Waals surface area (Å²) in [5.41, 5.74) is 0.732. The van der Waals surface area contributed by atoms with E-state index in [2.05, 4.69) is 20.6 Å². The van der Waals surface area contributed by atoms with Crippen LogP contribution in [0.25, 0.3) is 10.7 Å². The maximum Gasteiger partial charge on any atom is 0.263 e. The van der Waals surface area contributed by atoms with Crippen molar-refractivity contribution in [1.82, 2.24) is 20.6 Å². The predicted molar refractivity (Wildman–Crippen MR) is 74.2 cm³/mol. The summed E-state index contributed by atoms with van der Waals surface area (Å²) in [5, 5.41) is 6.08. The Labute approximate surface area is 119 Å². The van der Waals surface area contributed by atoms with Crippen molar-refractivity contribution in [2.75, 3.05) is 6.54 Å². The quantitative estimate of drug-likeness (QED) is 0.876. The van der Waals surface area contributed by atoms with Crippen molar-refractivity contribution in [3.63, 3.8) is 0 Å². The third kappa shape index (κ3) is 2.53. The van der Waals surface area contributed by atoms with E-state index in [1.54, 1.807) is 6.20 Å². The number of carbonyl (C=O) groups is 2. The van der Waals surface area contributed by atoms with E-state index in [1.807, 2.05) is 18.2 Å². The van der Waals surface area contributed by atoms with Crippen molar-refractivity contribution in [2.24, 2.45) is 0 Å². The van der Waals surface area contributed by atoms with Crippen LogP contribution in [0.5, 0.6) is 0 Å². The van der Waals surface area contributed by atoms with E-state index in [0.29, 0.717) is 22.9 Å². The number of hydrogen-bond acceptors (Lipinski definition) is 5. The SMILES string of the molecule is O=C(N[C@H]1CCNC1=O)c1cnc(-c2ccccn2)s1. The Morgan fingerprint density at radius 3 is 3.00 bits per heavy atom. The second-order valence-electron chi connectivity index (χ2n) is 4.35. The molecular weight excluding hydrogens is 276 g/mol. The summed E-state index contributed by atoms with van der Waals surface area (Å²) in [4.78, 5) is 32.3. The van der Waals surface area contributed by atoms with Gasteiger partial charge in [0.2, 0.25) is 5.91 Å². The maximum atomic E-state index is 12.0. The van der Waals surface area contributed by atoms with Crippen LogP contribution in [0.15, 0.2) is 30.6 Å². The first kappa shape index (κ1) is 12.7. The molecule has 0 aromatic carbocycles. The van der Waals surface area contributed by atoms with Gasteiger partial charge in [-0.15, -0.1) is 11.3 Å². The van der Waals surface area contributed by atoms with Gasteiger partial charge in [-0.25, -0.2) is 4.98 Å². The summed E-state index contributed by atoms with van der Waals surface area (Å²) in [6.07, 6.45) is 3.81. The molecule has 0 aliphatic carbocycles. The van der Waals surface area contributed by atoms with Gasteiger partial charge in [-0.2, -0.15) is 0 Å². The largest absolute Gasteiger partial charge is 0.354 e. The van der Waals surface area contributed by atoms with E-state index in [-0.39, 0.29) is 11.8 Å². The lowest BCUT2D eigenvalue weighted by molar-refractivity contribution is -0.120. The molecule has 6 nitrogen and oxygen atoms in total. The van der Waals surface area contributed by atoms with Gasteiger partial charge in [0, 0.05) is 12.7 Å². The zero-order valence-corrected chi connectivity index (χ0v) is 11.3. The molecular formula is C13H12N4O2S. The van der Waals surface area contributed by atoms with Crippen LogP contribution in [-0.4, -0.2) is 34.4 Å². The predicted octanol–water partition coefficient (Wildman–Crippen LogP) is 0.823. The number of carbonyl (C=O) groups excluding carboxylic acids is 2. The van der Waals surface area contributed by atoms with E-state index < -0.39 is 6.04 Å². The fraction of sp³-hybridized carbons (Fsp3) is 0.231. The molecule has 0 spiro atoms. The molecule has 1 atom stereocenters. The highest BCUT2D eigenvalue weighted by molar-refractivity contribution is 7.16. The number of nitrogens with zero attached hydrogens (tertiary/aromatic N) is 2. The third-order valence-electron chi connectivity index (χ3n) is 2.97. The first-order valence-electron chi connectivity index (χ1n) is 6.20. The fourth-order valence-corrected chi connectivity index (χ4v) is 2.74. The van der Waals surface area contributed by atoms with Crippen molar-refractivity contribution in [3.05, 3.63) is 35.5 Å². The molecule has 7 heteroatoms. The van der Waals surface area contributed by atoms with E-state index in [1.165, 1.54) is 17.5 Å². The average Bonchev–Trinajstić information content (AvgIpc) is 3.10. The summed E-state index contributed by atoms with van der Waals surface area (Å²) in [5.74, 6) is -0.403. The molecule has 102 valence electrons. The van der Waals surface area contributed by atoms with Gasteiger partial charge in [0.1, 0.15) is 15.9 Å². The zero-order chi connectivity index (χ0) is 13.9. The van der Waals surface area contributed by atoms with Crippen molar-refractivity contribution in [2.45, 2.75) is 12.5 Å². The van der Waals surface area contributed by atoms with Gasteiger partial charge in [-0.05, 0) is 18.6 Å². The van der Waals surface area contributed by atoms with E-state index in [4.69, 9.17) is 0 Å². The lowest BCUT2D eigenvalue weighted by Crippen LogP contribution is -2.39. The topological polar surface area (TPSA) is 84.0 Å². The molecule has 0 saturated carbocycles. The second-order valence-corrected chi connectivity index (χ2v) is 5.38. The minimum atomic E-state index is -0.442. The summed E-state index contributed by atoms with van der Waals surface area (Å²) >= 11 is 1.26. The minimum absolute atomic E-state index is 0.132. The molecule has 1 saturated heterocycles. The Morgan fingerprint density at radius 1 is 1.40 bits per heavy atom. The molecule has 1 fully saturated rings. The van der Waals surface area contributed by atoms with Crippen LogP contribution in [0.4, 0.5) is 0 Å². The molecule has 1 aliphatic rings. The van der Waals surface area contributed by atoms with Crippen LogP contribution >= 0.6 is 11.3 Å². The van der Waals surface area contributed by atoms with Crippen molar-refractivity contribution in [1.29, 1.82) is 0 Å². The van der Waals surface area contributed by atoms with Crippen LogP contribution in [0.1, 0.15) is 16.1 Å². The number of rotatable bonds is 3. The smallest absolute Gasteiger partial charge is 0.263 e. The highest BCUT2D eigenvalue weighted by Crippen LogP contribution is 2.23. The zero-order valence-electron chi connectivity index (χ0n) is 10.5. The van der Waals surface area contributed by atoms with Gasteiger partial charge in [-0.1, -0.05) is 6.07 Å². The highest BCUT2D eigenvalue weighted by atomic mass is 32.1. The Kier molecular flexibility index (Phi) is 3.42. The van der Waals surface area contributed by atoms with Gasteiger partial charge in [0.15, 0.2) is 0 Å². The first-order valence-corrected chi connectivity index (χ1v) is 7.01. The Hall–Kier alpha value is -2.28. The Balaban J connectivity index is 1.73. The Bertz CT molecular complexity index is 641. The van der Waals surface area contributed by atoms with Gasteiger partial charge in [-0.3, -0.25) is 14.6 Å². The van der Waals surface area contributed by atoms with E-state index in [0.717, 1.165) is 5.69 Å². The van der Waals surface area contributed by atoms with E-state index in [9.17, 15) is 9.59 Å². The van der Waals surface area contributed by atoms with Crippen LogP contribution in [0, 0.1) is 0 Å². The molecule has 0 bridgehead atoms. The lowest BCUT2D eigenvalue weighted by Gasteiger charge is -2.07. The minimum Gasteiger partial charge on any atom is -0.354 e. The van der Waals surface area contributed by atoms with Gasteiger partial charge >= 0.3 is 0 Å². The summed E-state index contributed by atoms with van der Waals surface area (Å²) in [6.45, 7) is 0.603. The Morgan fingerprint density at radius 2 is 2.30 bits per heavy atom. The van der Waals surface area contributed by atoms with Crippen LogP contribution in [-0.2, 0) is 4.79 Å².